The Labute approximate surface area is 121 Å². The lowest BCUT2D eigenvalue weighted by Gasteiger charge is -2.12. The van der Waals surface area contributed by atoms with Crippen LogP contribution in [0.4, 0.5) is 11.4 Å². The first-order valence-electron chi connectivity index (χ1n) is 6.21. The molecule has 1 rings (SSSR count). The van der Waals surface area contributed by atoms with Gasteiger partial charge in [-0.2, -0.15) is 0 Å². The average Bonchev–Trinajstić information content (AvgIpc) is 2.37. The van der Waals surface area contributed by atoms with Gasteiger partial charge in [0.05, 0.1) is 4.92 Å². The van der Waals surface area contributed by atoms with E-state index in [0.717, 1.165) is 5.57 Å². The highest BCUT2D eigenvalue weighted by Crippen LogP contribution is 2.23. The molecule has 0 aromatic heterocycles. The van der Waals surface area contributed by atoms with E-state index in [0.29, 0.717) is 0 Å². The van der Waals surface area contributed by atoms with Crippen LogP contribution in [-0.4, -0.2) is 22.9 Å². The molecule has 0 fully saturated rings. The smallest absolute Gasteiger partial charge is 0.331 e. The third-order valence-electron chi connectivity index (χ3n) is 2.43. The Morgan fingerprint density at radius 1 is 1.33 bits per heavy atom. The lowest BCUT2D eigenvalue weighted by Crippen LogP contribution is -2.29. The molecule has 0 radical (unpaired) electrons. The summed E-state index contributed by atoms with van der Waals surface area (Å²) in [5.74, 6) is -1.28. The van der Waals surface area contributed by atoms with Crippen molar-refractivity contribution in [3.63, 3.8) is 0 Å². The van der Waals surface area contributed by atoms with Gasteiger partial charge in [-0.1, -0.05) is 17.7 Å². The molecule has 1 N–H and O–H groups in total. The van der Waals surface area contributed by atoms with Crippen molar-refractivity contribution in [1.29, 1.82) is 0 Å². The number of carbonyl (C=O) groups is 2. The van der Waals surface area contributed by atoms with Crippen LogP contribution in [0.2, 0.25) is 0 Å². The molecule has 0 saturated carbocycles. The quantitative estimate of drug-likeness (QED) is 0.389. The van der Waals surface area contributed by atoms with E-state index in [4.69, 9.17) is 4.74 Å². The van der Waals surface area contributed by atoms with E-state index in [9.17, 15) is 19.7 Å². The van der Waals surface area contributed by atoms with Gasteiger partial charge < -0.3 is 10.1 Å². The maximum absolute atomic E-state index is 11.9. The predicted molar refractivity (Wildman–Crippen MR) is 76.7 cm³/mol. The summed E-state index contributed by atoms with van der Waals surface area (Å²) < 4.78 is 4.90. The number of allylic oxidation sites excluding steroid dienone is 1. The molecule has 0 aliphatic heterocycles. The largest absolute Gasteiger partial charge is 0.449 e. The minimum Gasteiger partial charge on any atom is -0.449 e. The molecule has 7 nitrogen and oxygen atoms in total. The number of hydrogen-bond donors (Lipinski definition) is 1. The van der Waals surface area contributed by atoms with Gasteiger partial charge in [0, 0.05) is 12.1 Å². The fourth-order valence-electron chi connectivity index (χ4n) is 1.47. The number of nitro benzene ring substituents is 1. The van der Waals surface area contributed by atoms with Gasteiger partial charge in [-0.25, -0.2) is 4.79 Å². The van der Waals surface area contributed by atoms with Crippen molar-refractivity contribution in [3.8, 4) is 0 Å². The lowest BCUT2D eigenvalue weighted by atomic mass is 10.2. The molecule has 1 aromatic carbocycles. The lowest BCUT2D eigenvalue weighted by molar-refractivity contribution is -0.383. The molecule has 1 amide bonds. The summed E-state index contributed by atoms with van der Waals surface area (Å²) in [6.45, 7) is 4.83. The van der Waals surface area contributed by atoms with E-state index in [1.165, 1.54) is 31.2 Å². The molecular formula is C14H16N2O5. The van der Waals surface area contributed by atoms with Gasteiger partial charge in [0.25, 0.3) is 11.6 Å². The highest BCUT2D eigenvalue weighted by Gasteiger charge is 2.20. The molecule has 0 aliphatic rings. The van der Waals surface area contributed by atoms with Crippen molar-refractivity contribution in [2.24, 2.45) is 0 Å². The molecule has 0 aliphatic carbocycles. The molecule has 0 saturated heterocycles. The standard InChI is InChI=1S/C14H16N2O5/c1-9(2)8-13(17)21-10(3)14(18)15-11-6-4-5-7-12(11)16(19)20/h4-8,10H,1-3H3,(H,15,18). The first-order chi connectivity index (χ1) is 9.81. The fourth-order valence-corrected chi connectivity index (χ4v) is 1.47. The number of ether oxygens (including phenoxy) is 1. The van der Waals surface area contributed by atoms with Crippen molar-refractivity contribution in [1.82, 2.24) is 0 Å². The van der Waals surface area contributed by atoms with E-state index in [2.05, 4.69) is 5.32 Å². The van der Waals surface area contributed by atoms with Crippen molar-refractivity contribution >= 4 is 23.3 Å². The number of rotatable bonds is 5. The maximum atomic E-state index is 11.9. The van der Waals surface area contributed by atoms with Crippen LogP contribution in [0.5, 0.6) is 0 Å². The summed E-state index contributed by atoms with van der Waals surface area (Å²) >= 11 is 0. The van der Waals surface area contributed by atoms with Crippen LogP contribution >= 0.6 is 0 Å². The highest BCUT2D eigenvalue weighted by molar-refractivity contribution is 5.97. The summed E-state index contributed by atoms with van der Waals surface area (Å²) in [6, 6.07) is 5.73. The van der Waals surface area contributed by atoms with E-state index >= 15 is 0 Å². The third-order valence-corrected chi connectivity index (χ3v) is 2.43. The number of anilines is 1. The van der Waals surface area contributed by atoms with Crippen LogP contribution in [0.15, 0.2) is 35.9 Å². The SMILES string of the molecule is CC(C)=CC(=O)OC(C)C(=O)Nc1ccccc1[N+](=O)[O-]. The van der Waals surface area contributed by atoms with E-state index in [1.54, 1.807) is 19.9 Å². The second kappa shape index (κ2) is 7.18. The van der Waals surface area contributed by atoms with Gasteiger partial charge in [0.1, 0.15) is 5.69 Å². The number of benzene rings is 1. The van der Waals surface area contributed by atoms with Gasteiger partial charge in [0.15, 0.2) is 6.10 Å². The van der Waals surface area contributed by atoms with E-state index in [-0.39, 0.29) is 11.4 Å². The van der Waals surface area contributed by atoms with Crippen molar-refractivity contribution in [2.75, 3.05) is 5.32 Å². The molecule has 1 atom stereocenters. The average molecular weight is 292 g/mol. The van der Waals surface area contributed by atoms with Crippen LogP contribution in [0, 0.1) is 10.1 Å². The van der Waals surface area contributed by atoms with Gasteiger partial charge >= 0.3 is 5.97 Å². The zero-order valence-electron chi connectivity index (χ0n) is 12.0. The minimum absolute atomic E-state index is 0.0533. The highest BCUT2D eigenvalue weighted by atomic mass is 16.6. The number of nitro groups is 1. The second-order valence-corrected chi connectivity index (χ2v) is 4.56. The fraction of sp³-hybridized carbons (Fsp3) is 0.286. The zero-order chi connectivity index (χ0) is 16.0. The summed E-state index contributed by atoms with van der Waals surface area (Å²) in [4.78, 5) is 33.5. The molecular weight excluding hydrogens is 276 g/mol. The summed E-state index contributed by atoms with van der Waals surface area (Å²) in [7, 11) is 0. The number of esters is 1. The normalized spacial score (nSPS) is 11.2. The number of para-hydroxylation sites is 2. The summed E-state index contributed by atoms with van der Waals surface area (Å²) in [5, 5.41) is 13.2. The predicted octanol–water partition coefficient (Wildman–Crippen LogP) is 2.43. The van der Waals surface area contributed by atoms with Gasteiger partial charge in [-0.05, 0) is 26.8 Å². The Morgan fingerprint density at radius 2 is 1.95 bits per heavy atom. The minimum atomic E-state index is -1.06. The monoisotopic (exact) mass is 292 g/mol. The third kappa shape index (κ3) is 5.06. The van der Waals surface area contributed by atoms with Crippen LogP contribution in [0.25, 0.3) is 0 Å². The Hall–Kier alpha value is -2.70. The Balaban J connectivity index is 2.75. The van der Waals surface area contributed by atoms with E-state index < -0.39 is 22.9 Å². The van der Waals surface area contributed by atoms with Crippen LogP contribution < -0.4 is 5.32 Å². The van der Waals surface area contributed by atoms with Crippen LogP contribution in [0.1, 0.15) is 20.8 Å². The Bertz CT molecular complexity index is 591. The molecule has 0 spiro atoms. The van der Waals surface area contributed by atoms with Crippen molar-refractivity contribution < 1.29 is 19.2 Å². The molecule has 21 heavy (non-hydrogen) atoms. The topological polar surface area (TPSA) is 98.5 Å². The van der Waals surface area contributed by atoms with E-state index in [1.807, 2.05) is 0 Å². The van der Waals surface area contributed by atoms with Crippen molar-refractivity contribution in [3.05, 3.63) is 46.0 Å². The molecule has 7 heteroatoms. The Morgan fingerprint density at radius 3 is 2.52 bits per heavy atom. The number of nitrogens with zero attached hydrogens (tertiary/aromatic N) is 1. The van der Waals surface area contributed by atoms with Gasteiger partial charge in [-0.3, -0.25) is 14.9 Å². The molecule has 0 heterocycles. The molecule has 112 valence electrons. The number of carbonyl (C=O) groups excluding carboxylic acids is 2. The zero-order valence-corrected chi connectivity index (χ0v) is 12.0. The number of amides is 1. The first kappa shape index (κ1) is 16.4. The summed E-state index contributed by atoms with van der Waals surface area (Å²) in [6.07, 6.45) is 0.197. The Kier molecular flexibility index (Phi) is 5.59. The first-order valence-corrected chi connectivity index (χ1v) is 6.21. The number of nitrogens with one attached hydrogen (secondary N) is 1. The molecule has 1 aromatic rings. The van der Waals surface area contributed by atoms with Gasteiger partial charge in [0.2, 0.25) is 0 Å². The molecule has 0 bridgehead atoms. The van der Waals surface area contributed by atoms with Crippen LogP contribution in [0.3, 0.4) is 0 Å². The van der Waals surface area contributed by atoms with Gasteiger partial charge in [-0.15, -0.1) is 0 Å². The summed E-state index contributed by atoms with van der Waals surface area (Å²) in [5.41, 5.74) is 0.567. The number of hydrogen-bond acceptors (Lipinski definition) is 5. The van der Waals surface area contributed by atoms with Crippen LogP contribution in [-0.2, 0) is 14.3 Å². The van der Waals surface area contributed by atoms with Crippen molar-refractivity contribution in [2.45, 2.75) is 26.9 Å². The maximum Gasteiger partial charge on any atom is 0.331 e. The molecule has 1 unspecified atom stereocenters. The second-order valence-electron chi connectivity index (χ2n) is 4.56.